The molecule has 6 heteroatoms. The first-order valence-electron chi connectivity index (χ1n) is 6.18. The van der Waals surface area contributed by atoms with E-state index >= 15 is 0 Å². The predicted octanol–water partition coefficient (Wildman–Crippen LogP) is 4.04. The molecule has 0 spiro atoms. The van der Waals surface area contributed by atoms with Crippen LogP contribution in [0.4, 0.5) is 11.4 Å². The first kappa shape index (κ1) is 14.8. The standard InChI is InChI=1S/C15H12ClN3O2/c1-10-2-3-11(6-15(10)19(20)21)9-18-14-7-13(16)5-4-12(14)8-17/h2-7,18H,9H2,1H3. The van der Waals surface area contributed by atoms with Crippen LogP contribution >= 0.6 is 11.6 Å². The van der Waals surface area contributed by atoms with Crippen molar-refractivity contribution in [2.45, 2.75) is 13.5 Å². The molecule has 0 amide bonds. The number of nitro groups is 1. The zero-order chi connectivity index (χ0) is 15.4. The van der Waals surface area contributed by atoms with Crippen molar-refractivity contribution in [3.63, 3.8) is 0 Å². The maximum atomic E-state index is 10.9. The van der Waals surface area contributed by atoms with Gasteiger partial charge in [-0.15, -0.1) is 0 Å². The van der Waals surface area contributed by atoms with Gasteiger partial charge in [0.2, 0.25) is 0 Å². The van der Waals surface area contributed by atoms with Crippen molar-refractivity contribution in [1.29, 1.82) is 5.26 Å². The minimum atomic E-state index is -0.404. The Labute approximate surface area is 126 Å². The Morgan fingerprint density at radius 2 is 2.10 bits per heavy atom. The van der Waals surface area contributed by atoms with Gasteiger partial charge in [0.25, 0.3) is 5.69 Å². The summed E-state index contributed by atoms with van der Waals surface area (Å²) in [5, 5.41) is 23.6. The predicted molar refractivity (Wildman–Crippen MR) is 81.3 cm³/mol. The van der Waals surface area contributed by atoms with E-state index in [0.717, 1.165) is 5.56 Å². The average molecular weight is 302 g/mol. The fourth-order valence-electron chi connectivity index (χ4n) is 1.92. The highest BCUT2D eigenvalue weighted by atomic mass is 35.5. The molecule has 0 aromatic heterocycles. The molecule has 2 aromatic rings. The van der Waals surface area contributed by atoms with E-state index in [2.05, 4.69) is 11.4 Å². The molecule has 0 saturated carbocycles. The Bertz CT molecular complexity index is 738. The summed E-state index contributed by atoms with van der Waals surface area (Å²) in [5.41, 5.74) is 2.54. The average Bonchev–Trinajstić information content (AvgIpc) is 2.46. The van der Waals surface area contributed by atoms with Crippen LogP contribution in [0, 0.1) is 28.4 Å². The van der Waals surface area contributed by atoms with E-state index in [9.17, 15) is 10.1 Å². The molecule has 0 saturated heterocycles. The van der Waals surface area contributed by atoms with Crippen LogP contribution < -0.4 is 5.32 Å². The van der Waals surface area contributed by atoms with Gasteiger partial charge in [-0.2, -0.15) is 5.26 Å². The molecule has 0 bridgehead atoms. The minimum absolute atomic E-state index is 0.0842. The van der Waals surface area contributed by atoms with E-state index in [4.69, 9.17) is 16.9 Å². The summed E-state index contributed by atoms with van der Waals surface area (Å²) in [7, 11) is 0. The molecule has 2 rings (SSSR count). The van der Waals surface area contributed by atoms with Gasteiger partial charge in [0, 0.05) is 23.2 Å². The number of rotatable bonds is 4. The zero-order valence-electron chi connectivity index (χ0n) is 11.3. The number of nitrogens with one attached hydrogen (secondary N) is 1. The largest absolute Gasteiger partial charge is 0.380 e. The Hall–Kier alpha value is -2.58. The van der Waals surface area contributed by atoms with E-state index in [0.29, 0.717) is 28.4 Å². The first-order chi connectivity index (χ1) is 10.0. The molecule has 21 heavy (non-hydrogen) atoms. The summed E-state index contributed by atoms with van der Waals surface area (Å²) in [4.78, 5) is 10.5. The van der Waals surface area contributed by atoms with E-state index in [1.807, 2.05) is 6.07 Å². The third kappa shape index (κ3) is 3.50. The second-order valence-electron chi connectivity index (χ2n) is 4.53. The summed E-state index contributed by atoms with van der Waals surface area (Å²) in [6, 6.07) is 12.0. The normalized spacial score (nSPS) is 9.95. The van der Waals surface area contributed by atoms with Gasteiger partial charge in [0.15, 0.2) is 0 Å². The van der Waals surface area contributed by atoms with Crippen LogP contribution in [-0.4, -0.2) is 4.92 Å². The quantitative estimate of drug-likeness (QED) is 0.682. The number of nitrogens with zero attached hydrogens (tertiary/aromatic N) is 2. The van der Waals surface area contributed by atoms with Crippen LogP contribution in [0.2, 0.25) is 5.02 Å². The van der Waals surface area contributed by atoms with E-state index in [1.54, 1.807) is 31.2 Å². The van der Waals surface area contributed by atoms with Gasteiger partial charge in [-0.3, -0.25) is 10.1 Å². The topological polar surface area (TPSA) is 79.0 Å². The van der Waals surface area contributed by atoms with Crippen LogP contribution in [0.3, 0.4) is 0 Å². The van der Waals surface area contributed by atoms with Crippen molar-refractivity contribution < 1.29 is 4.92 Å². The number of benzene rings is 2. The van der Waals surface area contributed by atoms with Crippen LogP contribution in [0.15, 0.2) is 36.4 Å². The van der Waals surface area contributed by atoms with E-state index in [1.165, 1.54) is 6.07 Å². The van der Waals surface area contributed by atoms with Crippen molar-refractivity contribution in [3.8, 4) is 6.07 Å². The van der Waals surface area contributed by atoms with Gasteiger partial charge < -0.3 is 5.32 Å². The summed E-state index contributed by atoms with van der Waals surface area (Å²) < 4.78 is 0. The Balaban J connectivity index is 2.21. The molecule has 1 N–H and O–H groups in total. The highest BCUT2D eigenvalue weighted by molar-refractivity contribution is 6.30. The monoisotopic (exact) mass is 301 g/mol. The molecule has 2 aromatic carbocycles. The zero-order valence-corrected chi connectivity index (χ0v) is 12.0. The number of nitriles is 1. The summed E-state index contributed by atoms with van der Waals surface area (Å²) in [5.74, 6) is 0. The number of aryl methyl sites for hydroxylation is 1. The fourth-order valence-corrected chi connectivity index (χ4v) is 2.09. The van der Waals surface area contributed by atoms with E-state index in [-0.39, 0.29) is 5.69 Å². The summed E-state index contributed by atoms with van der Waals surface area (Å²) in [6.07, 6.45) is 0. The van der Waals surface area contributed by atoms with Crippen molar-refractivity contribution in [2.75, 3.05) is 5.32 Å². The third-order valence-corrected chi connectivity index (χ3v) is 3.29. The Morgan fingerprint density at radius 1 is 1.33 bits per heavy atom. The van der Waals surface area contributed by atoms with Crippen LogP contribution in [-0.2, 0) is 6.54 Å². The van der Waals surface area contributed by atoms with Gasteiger partial charge in [0.05, 0.1) is 16.2 Å². The molecule has 0 unspecified atom stereocenters. The lowest BCUT2D eigenvalue weighted by atomic mass is 10.1. The lowest BCUT2D eigenvalue weighted by Crippen LogP contribution is -2.02. The first-order valence-corrected chi connectivity index (χ1v) is 6.56. The SMILES string of the molecule is Cc1ccc(CNc2cc(Cl)ccc2C#N)cc1[N+](=O)[O-]. The van der Waals surface area contributed by atoms with Crippen LogP contribution in [0.1, 0.15) is 16.7 Å². The number of halogens is 1. The molecule has 0 aliphatic heterocycles. The molecule has 0 aliphatic rings. The molecule has 0 fully saturated rings. The molecule has 106 valence electrons. The number of hydrogen-bond donors (Lipinski definition) is 1. The highest BCUT2D eigenvalue weighted by Crippen LogP contribution is 2.23. The molecular formula is C15H12ClN3O2. The maximum Gasteiger partial charge on any atom is 0.272 e. The summed E-state index contributed by atoms with van der Waals surface area (Å²) in [6.45, 7) is 2.07. The summed E-state index contributed by atoms with van der Waals surface area (Å²) >= 11 is 5.90. The highest BCUT2D eigenvalue weighted by Gasteiger charge is 2.11. The Kier molecular flexibility index (Phi) is 4.41. The number of anilines is 1. The van der Waals surface area contributed by atoms with Crippen LogP contribution in [0.5, 0.6) is 0 Å². The maximum absolute atomic E-state index is 10.9. The number of nitro benzene ring substituents is 1. The second-order valence-corrected chi connectivity index (χ2v) is 4.97. The van der Waals surface area contributed by atoms with Crippen molar-refractivity contribution >= 4 is 23.0 Å². The van der Waals surface area contributed by atoms with Gasteiger partial charge in [-0.1, -0.05) is 23.7 Å². The molecule has 0 heterocycles. The van der Waals surface area contributed by atoms with Crippen molar-refractivity contribution in [1.82, 2.24) is 0 Å². The lowest BCUT2D eigenvalue weighted by Gasteiger charge is -2.09. The number of hydrogen-bond acceptors (Lipinski definition) is 4. The molecule has 0 aliphatic carbocycles. The minimum Gasteiger partial charge on any atom is -0.380 e. The van der Waals surface area contributed by atoms with Crippen molar-refractivity contribution in [3.05, 3.63) is 68.2 Å². The van der Waals surface area contributed by atoms with Gasteiger partial charge in [0.1, 0.15) is 6.07 Å². The van der Waals surface area contributed by atoms with Gasteiger partial charge >= 0.3 is 0 Å². The molecular weight excluding hydrogens is 290 g/mol. The van der Waals surface area contributed by atoms with E-state index < -0.39 is 4.92 Å². The van der Waals surface area contributed by atoms with Gasteiger partial charge in [-0.25, -0.2) is 0 Å². The lowest BCUT2D eigenvalue weighted by molar-refractivity contribution is -0.385. The smallest absolute Gasteiger partial charge is 0.272 e. The molecule has 5 nitrogen and oxygen atoms in total. The fraction of sp³-hybridized carbons (Fsp3) is 0.133. The van der Waals surface area contributed by atoms with Crippen LogP contribution in [0.25, 0.3) is 0 Å². The van der Waals surface area contributed by atoms with Crippen molar-refractivity contribution in [2.24, 2.45) is 0 Å². The Morgan fingerprint density at radius 3 is 2.76 bits per heavy atom. The molecule has 0 radical (unpaired) electrons. The molecule has 0 atom stereocenters. The van der Waals surface area contributed by atoms with Gasteiger partial charge in [-0.05, 0) is 30.7 Å². The third-order valence-electron chi connectivity index (χ3n) is 3.06. The second kappa shape index (κ2) is 6.25.